The zero-order valence-electron chi connectivity index (χ0n) is 13.6. The predicted molar refractivity (Wildman–Crippen MR) is 85.3 cm³/mol. The maximum Gasteiger partial charge on any atom is 0.223 e. The molecule has 2 atom stereocenters. The second kappa shape index (κ2) is 6.88. The molecule has 0 aromatic carbocycles. The van der Waals surface area contributed by atoms with E-state index >= 15 is 0 Å². The van der Waals surface area contributed by atoms with Gasteiger partial charge in [-0.3, -0.25) is 4.90 Å². The van der Waals surface area contributed by atoms with Crippen molar-refractivity contribution in [3.05, 3.63) is 17.5 Å². The number of anilines is 1. The van der Waals surface area contributed by atoms with Gasteiger partial charge in [-0.15, -0.1) is 0 Å². The van der Waals surface area contributed by atoms with E-state index in [1.807, 2.05) is 18.9 Å². The van der Waals surface area contributed by atoms with Crippen LogP contribution in [0.1, 0.15) is 30.9 Å². The highest BCUT2D eigenvalue weighted by molar-refractivity contribution is 7.09. The number of rotatable bonds is 6. The van der Waals surface area contributed by atoms with Gasteiger partial charge in [0, 0.05) is 51.1 Å². The van der Waals surface area contributed by atoms with Crippen molar-refractivity contribution in [3.8, 4) is 0 Å². The van der Waals surface area contributed by atoms with E-state index in [-0.39, 0.29) is 6.04 Å². The summed E-state index contributed by atoms with van der Waals surface area (Å²) in [6.45, 7) is 5.40. The topological polar surface area (TPSA) is 71.2 Å². The Labute approximate surface area is 138 Å². The lowest BCUT2D eigenvalue weighted by atomic mass is 10.2. The number of likely N-dealkylation sites (N-methyl/N-ethyl adjacent to an activating group) is 1. The maximum atomic E-state index is 13.9. The molecule has 0 spiro atoms. The summed E-state index contributed by atoms with van der Waals surface area (Å²) in [5, 5.41) is 4.78. The average molecular weight is 340 g/mol. The molecule has 1 aliphatic rings. The molecule has 3 rings (SSSR count). The minimum atomic E-state index is -0.818. The molecule has 1 fully saturated rings. The Balaban J connectivity index is 1.64. The Bertz CT molecular complexity index is 647. The summed E-state index contributed by atoms with van der Waals surface area (Å²) in [4.78, 5) is 12.8. The van der Waals surface area contributed by atoms with Crippen molar-refractivity contribution in [1.82, 2.24) is 24.4 Å². The van der Waals surface area contributed by atoms with Crippen LogP contribution in [0.25, 0.3) is 0 Å². The third kappa shape index (κ3) is 3.84. The van der Waals surface area contributed by atoms with Gasteiger partial charge in [-0.1, -0.05) is 12.1 Å². The fourth-order valence-corrected chi connectivity index (χ4v) is 3.55. The lowest BCUT2D eigenvalue weighted by Gasteiger charge is -2.26. The molecule has 2 aromatic rings. The summed E-state index contributed by atoms with van der Waals surface area (Å²) in [6, 6.07) is 0.0998. The third-order valence-corrected chi connectivity index (χ3v) is 4.84. The van der Waals surface area contributed by atoms with Crippen molar-refractivity contribution in [2.75, 3.05) is 25.0 Å². The Morgan fingerprint density at radius 3 is 2.87 bits per heavy atom. The standard InChI is InChI=1S/C14H21FN6OS/c1-4-12-17-14(23-19-12)20(3)7-11-5-10(15)6-21(11)8-13-16-9(2)22-18-13/h10-11H,4-8H2,1-3H3/t10-,11-/m0/s1. The highest BCUT2D eigenvalue weighted by Gasteiger charge is 2.34. The number of halogens is 1. The van der Waals surface area contributed by atoms with E-state index in [0.29, 0.717) is 37.8 Å². The average Bonchev–Trinajstić information content (AvgIpc) is 3.21. The summed E-state index contributed by atoms with van der Waals surface area (Å²) < 4.78 is 23.2. The summed E-state index contributed by atoms with van der Waals surface area (Å²) in [6.07, 6.45) is 0.520. The van der Waals surface area contributed by atoms with Gasteiger partial charge in [0.1, 0.15) is 12.0 Å². The lowest BCUT2D eigenvalue weighted by molar-refractivity contribution is 0.228. The molecule has 3 heterocycles. The first-order valence-electron chi connectivity index (χ1n) is 7.76. The van der Waals surface area contributed by atoms with Crippen molar-refractivity contribution in [1.29, 1.82) is 0 Å². The fourth-order valence-electron chi connectivity index (χ4n) is 2.83. The second-order valence-electron chi connectivity index (χ2n) is 5.87. The number of aromatic nitrogens is 4. The Morgan fingerprint density at radius 2 is 2.22 bits per heavy atom. The summed E-state index contributed by atoms with van der Waals surface area (Å²) >= 11 is 1.39. The molecule has 7 nitrogen and oxygen atoms in total. The smallest absolute Gasteiger partial charge is 0.223 e. The van der Waals surface area contributed by atoms with Gasteiger partial charge in [-0.25, -0.2) is 9.37 Å². The van der Waals surface area contributed by atoms with E-state index < -0.39 is 6.17 Å². The number of likely N-dealkylation sites (tertiary alicyclic amines) is 1. The van der Waals surface area contributed by atoms with Gasteiger partial charge < -0.3 is 9.42 Å². The summed E-state index contributed by atoms with van der Waals surface area (Å²) in [5.41, 5.74) is 0. The van der Waals surface area contributed by atoms with Gasteiger partial charge in [0.15, 0.2) is 5.82 Å². The van der Waals surface area contributed by atoms with Crippen LogP contribution in [-0.2, 0) is 13.0 Å². The summed E-state index contributed by atoms with van der Waals surface area (Å²) in [7, 11) is 1.97. The molecule has 1 aliphatic heterocycles. The van der Waals surface area contributed by atoms with Crippen LogP contribution in [0, 0.1) is 6.92 Å². The largest absolute Gasteiger partial charge is 0.348 e. The monoisotopic (exact) mass is 340 g/mol. The van der Waals surface area contributed by atoms with Crippen molar-refractivity contribution in [2.45, 2.75) is 45.4 Å². The molecule has 0 radical (unpaired) electrons. The first kappa shape index (κ1) is 16.3. The van der Waals surface area contributed by atoms with E-state index in [1.54, 1.807) is 6.92 Å². The van der Waals surface area contributed by atoms with Gasteiger partial charge in [-0.2, -0.15) is 9.36 Å². The van der Waals surface area contributed by atoms with Crippen LogP contribution in [0.3, 0.4) is 0 Å². The molecule has 2 aromatic heterocycles. The quantitative estimate of drug-likeness (QED) is 0.794. The molecule has 1 saturated heterocycles. The molecule has 9 heteroatoms. The highest BCUT2D eigenvalue weighted by Crippen LogP contribution is 2.25. The van der Waals surface area contributed by atoms with E-state index in [0.717, 1.165) is 17.4 Å². The van der Waals surface area contributed by atoms with Crippen molar-refractivity contribution in [2.24, 2.45) is 0 Å². The number of hydrogen-bond donors (Lipinski definition) is 0. The third-order valence-electron chi connectivity index (χ3n) is 3.98. The molecule has 0 aliphatic carbocycles. The minimum absolute atomic E-state index is 0.0998. The Kier molecular flexibility index (Phi) is 4.86. The molecule has 23 heavy (non-hydrogen) atoms. The van der Waals surface area contributed by atoms with Crippen LogP contribution >= 0.6 is 11.5 Å². The SMILES string of the molecule is CCc1nsc(N(C)C[C@@H]2C[C@H](F)CN2Cc2noc(C)n2)n1. The van der Waals surface area contributed by atoms with Gasteiger partial charge in [0.2, 0.25) is 11.0 Å². The van der Waals surface area contributed by atoms with Gasteiger partial charge >= 0.3 is 0 Å². The van der Waals surface area contributed by atoms with E-state index in [9.17, 15) is 4.39 Å². The first-order valence-corrected chi connectivity index (χ1v) is 8.53. The van der Waals surface area contributed by atoms with Crippen LogP contribution < -0.4 is 4.90 Å². The van der Waals surface area contributed by atoms with Crippen molar-refractivity contribution >= 4 is 16.7 Å². The van der Waals surface area contributed by atoms with Crippen LogP contribution in [-0.4, -0.2) is 56.7 Å². The second-order valence-corrected chi connectivity index (χ2v) is 6.60. The van der Waals surface area contributed by atoms with Gasteiger partial charge in [0.25, 0.3) is 0 Å². The minimum Gasteiger partial charge on any atom is -0.348 e. The number of aryl methyl sites for hydroxylation is 2. The normalized spacial score (nSPS) is 21.9. The highest BCUT2D eigenvalue weighted by atomic mass is 32.1. The van der Waals surface area contributed by atoms with Gasteiger partial charge in [0.05, 0.1) is 6.54 Å². The van der Waals surface area contributed by atoms with Crippen molar-refractivity contribution < 1.29 is 8.91 Å². The zero-order chi connectivity index (χ0) is 16.4. The van der Waals surface area contributed by atoms with Gasteiger partial charge in [-0.05, 0) is 6.42 Å². The van der Waals surface area contributed by atoms with Crippen molar-refractivity contribution in [3.63, 3.8) is 0 Å². The van der Waals surface area contributed by atoms with E-state index in [1.165, 1.54) is 11.5 Å². The summed E-state index contributed by atoms with van der Waals surface area (Å²) in [5.74, 6) is 1.99. The Morgan fingerprint density at radius 1 is 1.39 bits per heavy atom. The number of hydrogen-bond acceptors (Lipinski definition) is 8. The zero-order valence-corrected chi connectivity index (χ0v) is 14.4. The molecule has 0 unspecified atom stereocenters. The van der Waals surface area contributed by atoms with E-state index in [2.05, 4.69) is 24.4 Å². The maximum absolute atomic E-state index is 13.9. The lowest BCUT2D eigenvalue weighted by Crippen LogP contribution is -2.38. The molecule has 0 amide bonds. The van der Waals surface area contributed by atoms with E-state index in [4.69, 9.17) is 4.52 Å². The van der Waals surface area contributed by atoms with Crippen LogP contribution in [0.2, 0.25) is 0 Å². The Hall–Kier alpha value is -1.61. The van der Waals surface area contributed by atoms with Crippen LogP contribution in [0.15, 0.2) is 4.52 Å². The predicted octanol–water partition coefficient (Wildman–Crippen LogP) is 1.84. The molecule has 0 bridgehead atoms. The van der Waals surface area contributed by atoms with Crippen LogP contribution in [0.5, 0.6) is 0 Å². The first-order chi connectivity index (χ1) is 11.0. The number of nitrogens with zero attached hydrogens (tertiary/aromatic N) is 6. The molecule has 126 valence electrons. The number of alkyl halides is 1. The van der Waals surface area contributed by atoms with Crippen LogP contribution in [0.4, 0.5) is 9.52 Å². The molecule has 0 saturated carbocycles. The molecular weight excluding hydrogens is 319 g/mol. The fraction of sp³-hybridized carbons (Fsp3) is 0.714. The molecule has 0 N–H and O–H groups in total. The molecular formula is C14H21FN6OS.